The second kappa shape index (κ2) is 16.3. The lowest BCUT2D eigenvalue weighted by Gasteiger charge is -2.22. The molecule has 2 aromatic carbocycles. The zero-order chi connectivity index (χ0) is 27.1. The molecule has 0 saturated carbocycles. The summed E-state index contributed by atoms with van der Waals surface area (Å²) in [6.45, 7) is 5.31. The fraction of sp³-hybridized carbons (Fsp3) is 0.567. The van der Waals surface area contributed by atoms with Crippen LogP contribution in [0.5, 0.6) is 5.75 Å². The quantitative estimate of drug-likeness (QED) is 0.155. The van der Waals surface area contributed by atoms with E-state index in [4.69, 9.17) is 14.2 Å². The summed E-state index contributed by atoms with van der Waals surface area (Å²) in [5.41, 5.74) is 3.48. The smallest absolute Gasteiger partial charge is 0.425 e. The van der Waals surface area contributed by atoms with Crippen LogP contribution in [0.1, 0.15) is 77.7 Å². The monoisotopic (exact) mass is 522 g/mol. The molecular formula is C30H41F3O4. The SMILES string of the molecule is CCCCCCCCc1ccc(-c2ccc(OCC(C)OC(=O)C(OCCCC)C(F)(F)F)cc2)cc1. The van der Waals surface area contributed by atoms with Crippen LogP contribution in [0.25, 0.3) is 11.1 Å². The molecule has 0 spiro atoms. The minimum Gasteiger partial charge on any atom is -0.490 e. The third-order valence-electron chi connectivity index (χ3n) is 6.06. The molecule has 0 aliphatic rings. The molecule has 37 heavy (non-hydrogen) atoms. The van der Waals surface area contributed by atoms with E-state index in [1.165, 1.54) is 51.0 Å². The van der Waals surface area contributed by atoms with Gasteiger partial charge in [0, 0.05) is 6.61 Å². The number of ether oxygens (including phenoxy) is 3. The highest BCUT2D eigenvalue weighted by atomic mass is 19.4. The van der Waals surface area contributed by atoms with Crippen molar-refractivity contribution in [2.24, 2.45) is 0 Å². The largest absolute Gasteiger partial charge is 0.490 e. The maximum atomic E-state index is 13.1. The maximum absolute atomic E-state index is 13.1. The fourth-order valence-electron chi connectivity index (χ4n) is 3.87. The molecule has 0 aliphatic heterocycles. The standard InChI is InChI=1S/C30H41F3O4/c1-4-6-8-9-10-11-12-24-13-15-25(16-14-24)26-17-19-27(20-18-26)36-22-23(3)37-29(34)28(30(31,32)33)35-21-7-5-2/h13-20,23,28H,4-12,21-22H2,1-3H3. The predicted octanol–water partition coefficient (Wildman–Crippen LogP) is 8.31. The zero-order valence-corrected chi connectivity index (χ0v) is 22.3. The van der Waals surface area contributed by atoms with Crippen molar-refractivity contribution < 1.29 is 32.2 Å². The van der Waals surface area contributed by atoms with Crippen LogP contribution in [0.15, 0.2) is 48.5 Å². The zero-order valence-electron chi connectivity index (χ0n) is 22.3. The van der Waals surface area contributed by atoms with Crippen molar-refractivity contribution >= 4 is 5.97 Å². The lowest BCUT2D eigenvalue weighted by atomic mass is 10.0. The number of aryl methyl sites for hydroxylation is 1. The Bertz CT molecular complexity index is 895. The summed E-state index contributed by atoms with van der Waals surface area (Å²) in [6.07, 6.45) is 1.61. The van der Waals surface area contributed by atoms with E-state index in [0.717, 1.165) is 17.5 Å². The first-order valence-electron chi connectivity index (χ1n) is 13.5. The molecule has 2 rings (SSSR count). The molecule has 2 aromatic rings. The number of rotatable bonds is 17. The first kappa shape index (κ1) is 30.7. The van der Waals surface area contributed by atoms with Crippen LogP contribution >= 0.6 is 0 Å². The first-order chi connectivity index (χ1) is 17.7. The molecule has 2 unspecified atom stereocenters. The Balaban J connectivity index is 1.80. The molecule has 2 atom stereocenters. The number of unbranched alkanes of at least 4 members (excludes halogenated alkanes) is 6. The second-order valence-corrected chi connectivity index (χ2v) is 9.44. The van der Waals surface area contributed by atoms with E-state index in [1.807, 2.05) is 19.1 Å². The highest BCUT2D eigenvalue weighted by Gasteiger charge is 2.47. The molecule has 0 heterocycles. The van der Waals surface area contributed by atoms with Gasteiger partial charge in [-0.1, -0.05) is 88.8 Å². The van der Waals surface area contributed by atoms with Crippen molar-refractivity contribution in [1.29, 1.82) is 0 Å². The Morgan fingerprint density at radius 3 is 1.97 bits per heavy atom. The van der Waals surface area contributed by atoms with Crippen LogP contribution in [0.2, 0.25) is 0 Å². The summed E-state index contributed by atoms with van der Waals surface area (Å²) >= 11 is 0. The number of carbonyl (C=O) groups is 1. The Kier molecular flexibility index (Phi) is 13.5. The van der Waals surface area contributed by atoms with Gasteiger partial charge in [-0.2, -0.15) is 13.2 Å². The third-order valence-corrected chi connectivity index (χ3v) is 6.06. The lowest BCUT2D eigenvalue weighted by Crippen LogP contribution is -2.42. The van der Waals surface area contributed by atoms with Crippen LogP contribution in [0, 0.1) is 0 Å². The average molecular weight is 523 g/mol. The summed E-state index contributed by atoms with van der Waals surface area (Å²) in [7, 11) is 0. The number of benzene rings is 2. The topological polar surface area (TPSA) is 44.8 Å². The van der Waals surface area contributed by atoms with Gasteiger partial charge in [-0.15, -0.1) is 0 Å². The van der Waals surface area contributed by atoms with Crippen molar-refractivity contribution in [3.8, 4) is 16.9 Å². The third kappa shape index (κ3) is 11.6. The fourth-order valence-corrected chi connectivity index (χ4v) is 3.87. The Hall–Kier alpha value is -2.54. The van der Waals surface area contributed by atoms with E-state index >= 15 is 0 Å². The van der Waals surface area contributed by atoms with E-state index in [2.05, 4.69) is 31.2 Å². The van der Waals surface area contributed by atoms with Crippen LogP contribution in [-0.4, -0.2) is 37.6 Å². The Morgan fingerprint density at radius 2 is 1.38 bits per heavy atom. The highest BCUT2D eigenvalue weighted by Crippen LogP contribution is 2.26. The average Bonchev–Trinajstić information content (AvgIpc) is 2.87. The number of alkyl halides is 3. The van der Waals surface area contributed by atoms with Gasteiger partial charge < -0.3 is 14.2 Å². The van der Waals surface area contributed by atoms with E-state index < -0.39 is 24.4 Å². The molecule has 0 aromatic heterocycles. The summed E-state index contributed by atoms with van der Waals surface area (Å²) < 4.78 is 54.7. The van der Waals surface area contributed by atoms with Crippen molar-refractivity contribution in [1.82, 2.24) is 0 Å². The summed E-state index contributed by atoms with van der Waals surface area (Å²) in [6, 6.07) is 16.0. The van der Waals surface area contributed by atoms with Gasteiger partial charge in [0.05, 0.1) is 0 Å². The summed E-state index contributed by atoms with van der Waals surface area (Å²) in [4.78, 5) is 12.0. The lowest BCUT2D eigenvalue weighted by molar-refractivity contribution is -0.232. The molecule has 0 N–H and O–H groups in total. The van der Waals surface area contributed by atoms with Gasteiger partial charge >= 0.3 is 12.1 Å². The van der Waals surface area contributed by atoms with Crippen LogP contribution < -0.4 is 4.74 Å². The Labute approximate surface area is 219 Å². The Morgan fingerprint density at radius 1 is 0.811 bits per heavy atom. The van der Waals surface area contributed by atoms with Gasteiger partial charge in [0.2, 0.25) is 0 Å². The van der Waals surface area contributed by atoms with Gasteiger partial charge in [0.1, 0.15) is 18.5 Å². The van der Waals surface area contributed by atoms with Gasteiger partial charge in [0.15, 0.2) is 0 Å². The molecule has 206 valence electrons. The first-order valence-corrected chi connectivity index (χ1v) is 13.5. The van der Waals surface area contributed by atoms with Crippen molar-refractivity contribution in [2.45, 2.75) is 96.9 Å². The van der Waals surface area contributed by atoms with Gasteiger partial charge in [0.25, 0.3) is 6.10 Å². The number of carbonyl (C=O) groups excluding carboxylic acids is 1. The predicted molar refractivity (Wildman–Crippen MR) is 141 cm³/mol. The number of halogens is 3. The molecule has 7 heteroatoms. The molecule has 4 nitrogen and oxygen atoms in total. The normalized spacial score (nSPS) is 13.2. The second-order valence-electron chi connectivity index (χ2n) is 9.44. The maximum Gasteiger partial charge on any atom is 0.425 e. The van der Waals surface area contributed by atoms with Crippen molar-refractivity contribution in [2.75, 3.05) is 13.2 Å². The van der Waals surface area contributed by atoms with Gasteiger partial charge in [-0.05, 0) is 55.0 Å². The van der Waals surface area contributed by atoms with Crippen LogP contribution in [0.3, 0.4) is 0 Å². The van der Waals surface area contributed by atoms with E-state index in [0.29, 0.717) is 18.6 Å². The summed E-state index contributed by atoms with van der Waals surface area (Å²) in [5, 5.41) is 0. The van der Waals surface area contributed by atoms with Gasteiger partial charge in [-0.25, -0.2) is 4.79 Å². The molecule has 0 aliphatic carbocycles. The molecule has 0 saturated heterocycles. The van der Waals surface area contributed by atoms with E-state index in [-0.39, 0.29) is 13.2 Å². The van der Waals surface area contributed by atoms with Crippen LogP contribution in [0.4, 0.5) is 13.2 Å². The minimum absolute atomic E-state index is 0.0717. The van der Waals surface area contributed by atoms with Crippen LogP contribution in [-0.2, 0) is 20.7 Å². The minimum atomic E-state index is -4.83. The number of hydrogen-bond donors (Lipinski definition) is 0. The molecule has 0 bridgehead atoms. The molecule has 0 fully saturated rings. The van der Waals surface area contributed by atoms with E-state index in [9.17, 15) is 18.0 Å². The molecule has 0 amide bonds. The van der Waals surface area contributed by atoms with Gasteiger partial charge in [-0.3, -0.25) is 0 Å². The number of hydrogen-bond acceptors (Lipinski definition) is 4. The van der Waals surface area contributed by atoms with E-state index in [1.54, 1.807) is 12.1 Å². The summed E-state index contributed by atoms with van der Waals surface area (Å²) in [5.74, 6) is -0.909. The highest BCUT2D eigenvalue weighted by molar-refractivity contribution is 5.75. The molecular weight excluding hydrogens is 481 g/mol. The van der Waals surface area contributed by atoms with Crippen molar-refractivity contribution in [3.63, 3.8) is 0 Å². The number of esters is 1. The van der Waals surface area contributed by atoms with Crippen molar-refractivity contribution in [3.05, 3.63) is 54.1 Å². The molecule has 0 radical (unpaired) electrons.